The van der Waals surface area contributed by atoms with Crippen LogP contribution in [0.25, 0.3) is 0 Å². The van der Waals surface area contributed by atoms with Crippen molar-refractivity contribution in [2.75, 3.05) is 13.6 Å². The van der Waals surface area contributed by atoms with Crippen LogP contribution in [0.5, 0.6) is 0 Å². The molecule has 1 aromatic carbocycles. The summed E-state index contributed by atoms with van der Waals surface area (Å²) < 4.78 is 0. The van der Waals surface area contributed by atoms with Crippen LogP contribution in [0.4, 0.5) is 0 Å². The van der Waals surface area contributed by atoms with Gasteiger partial charge in [0.15, 0.2) is 0 Å². The first kappa shape index (κ1) is 12.6. The minimum absolute atomic E-state index is 0.894. The Balaban J connectivity index is 1.94. The van der Waals surface area contributed by atoms with Gasteiger partial charge >= 0.3 is 0 Å². The number of aryl methyl sites for hydroxylation is 1. The molecule has 0 heterocycles. The summed E-state index contributed by atoms with van der Waals surface area (Å²) in [7, 11) is 2.07. The van der Waals surface area contributed by atoms with Crippen LogP contribution in [-0.4, -0.2) is 13.6 Å². The highest BCUT2D eigenvalue weighted by Crippen LogP contribution is 2.33. The van der Waals surface area contributed by atoms with Crippen LogP contribution in [0, 0.1) is 11.8 Å². The van der Waals surface area contributed by atoms with Crippen molar-refractivity contribution in [3.05, 3.63) is 35.4 Å². The van der Waals surface area contributed by atoms with Gasteiger partial charge in [-0.25, -0.2) is 0 Å². The molecule has 0 aromatic heterocycles. The van der Waals surface area contributed by atoms with E-state index in [9.17, 15) is 0 Å². The average molecular weight is 231 g/mol. The molecule has 1 aliphatic rings. The highest BCUT2D eigenvalue weighted by Gasteiger charge is 2.26. The fraction of sp³-hybridized carbons (Fsp3) is 0.625. The largest absolute Gasteiger partial charge is 0.319 e. The normalized spacial score (nSPS) is 24.1. The predicted molar refractivity (Wildman–Crippen MR) is 74.3 cm³/mol. The van der Waals surface area contributed by atoms with E-state index in [4.69, 9.17) is 0 Å². The Bertz CT molecular complexity index is 328. The number of rotatable bonds is 5. The monoisotopic (exact) mass is 231 g/mol. The van der Waals surface area contributed by atoms with Gasteiger partial charge in [-0.15, -0.1) is 0 Å². The van der Waals surface area contributed by atoms with Gasteiger partial charge in [0.2, 0.25) is 0 Å². The van der Waals surface area contributed by atoms with Gasteiger partial charge in [-0.1, -0.05) is 37.6 Å². The molecule has 1 N–H and O–H groups in total. The quantitative estimate of drug-likeness (QED) is 0.818. The first-order valence-corrected chi connectivity index (χ1v) is 7.06. The molecular weight excluding hydrogens is 206 g/mol. The van der Waals surface area contributed by atoms with Gasteiger partial charge in [-0.2, -0.15) is 0 Å². The lowest BCUT2D eigenvalue weighted by molar-refractivity contribution is 0.374. The van der Waals surface area contributed by atoms with E-state index in [-0.39, 0.29) is 0 Å². The lowest BCUT2D eigenvalue weighted by Crippen LogP contribution is -2.23. The zero-order valence-corrected chi connectivity index (χ0v) is 11.2. The van der Waals surface area contributed by atoms with Crippen molar-refractivity contribution in [2.24, 2.45) is 11.8 Å². The Morgan fingerprint density at radius 2 is 1.71 bits per heavy atom. The van der Waals surface area contributed by atoms with Crippen molar-refractivity contribution in [1.29, 1.82) is 0 Å². The van der Waals surface area contributed by atoms with Gasteiger partial charge in [0.1, 0.15) is 0 Å². The molecule has 0 spiro atoms. The minimum Gasteiger partial charge on any atom is -0.319 e. The third kappa shape index (κ3) is 3.32. The molecular formula is C16H25N. The van der Waals surface area contributed by atoms with Crippen molar-refractivity contribution in [1.82, 2.24) is 5.32 Å². The summed E-state index contributed by atoms with van der Waals surface area (Å²) in [5.74, 6) is 1.79. The number of hydrogen-bond acceptors (Lipinski definition) is 1. The zero-order chi connectivity index (χ0) is 12.1. The maximum atomic E-state index is 3.34. The summed E-state index contributed by atoms with van der Waals surface area (Å²) in [6, 6.07) is 9.23. The third-order valence-electron chi connectivity index (χ3n) is 4.21. The smallest absolute Gasteiger partial charge is 0.00208 e. The average Bonchev–Trinajstić information content (AvgIpc) is 2.78. The summed E-state index contributed by atoms with van der Waals surface area (Å²) in [6.07, 6.45) is 6.67. The first-order chi connectivity index (χ1) is 8.33. The molecule has 1 heteroatoms. The molecule has 0 amide bonds. The summed E-state index contributed by atoms with van der Waals surface area (Å²) in [5.41, 5.74) is 2.97. The highest BCUT2D eigenvalue weighted by atomic mass is 14.8. The van der Waals surface area contributed by atoms with Gasteiger partial charge in [0, 0.05) is 0 Å². The Morgan fingerprint density at radius 1 is 1.06 bits per heavy atom. The van der Waals surface area contributed by atoms with Crippen molar-refractivity contribution in [2.45, 2.75) is 39.0 Å². The van der Waals surface area contributed by atoms with Crippen LogP contribution >= 0.6 is 0 Å². The van der Waals surface area contributed by atoms with Gasteiger partial charge in [-0.05, 0) is 62.2 Å². The van der Waals surface area contributed by atoms with E-state index >= 15 is 0 Å². The van der Waals surface area contributed by atoms with Crippen LogP contribution in [0.1, 0.15) is 37.3 Å². The maximum absolute atomic E-state index is 3.34. The molecule has 0 aliphatic heterocycles. The second-order valence-electron chi connectivity index (χ2n) is 5.38. The number of hydrogen-bond donors (Lipinski definition) is 1. The van der Waals surface area contributed by atoms with E-state index in [1.165, 1.54) is 43.4 Å². The lowest BCUT2D eigenvalue weighted by Gasteiger charge is -2.19. The molecule has 1 saturated carbocycles. The second kappa shape index (κ2) is 6.20. The van der Waals surface area contributed by atoms with E-state index < -0.39 is 0 Å². The first-order valence-electron chi connectivity index (χ1n) is 7.06. The topological polar surface area (TPSA) is 12.0 Å². The van der Waals surface area contributed by atoms with Crippen LogP contribution in [0.15, 0.2) is 24.3 Å². The third-order valence-corrected chi connectivity index (χ3v) is 4.21. The van der Waals surface area contributed by atoms with E-state index in [2.05, 4.69) is 43.6 Å². The maximum Gasteiger partial charge on any atom is -0.00208 e. The SMILES string of the molecule is CCc1ccc(CC2CCCC2CNC)cc1. The fourth-order valence-corrected chi connectivity index (χ4v) is 3.13. The Kier molecular flexibility index (Phi) is 4.61. The Hall–Kier alpha value is -0.820. The summed E-state index contributed by atoms with van der Waals surface area (Å²) in [6.45, 7) is 3.41. The van der Waals surface area contributed by atoms with Crippen molar-refractivity contribution in [3.63, 3.8) is 0 Å². The minimum atomic E-state index is 0.894. The number of benzene rings is 1. The van der Waals surface area contributed by atoms with Crippen molar-refractivity contribution < 1.29 is 0 Å². The van der Waals surface area contributed by atoms with Gasteiger partial charge < -0.3 is 5.32 Å². The summed E-state index contributed by atoms with van der Waals surface area (Å²) in [4.78, 5) is 0. The van der Waals surface area contributed by atoms with Crippen LogP contribution in [-0.2, 0) is 12.8 Å². The van der Waals surface area contributed by atoms with Gasteiger partial charge in [0.05, 0.1) is 0 Å². The van der Waals surface area contributed by atoms with E-state index in [0.717, 1.165) is 18.3 Å². The molecule has 1 nitrogen and oxygen atoms in total. The molecule has 1 aliphatic carbocycles. The van der Waals surface area contributed by atoms with Crippen LogP contribution < -0.4 is 5.32 Å². The number of nitrogens with one attached hydrogen (secondary N) is 1. The van der Waals surface area contributed by atoms with E-state index in [1.807, 2.05) is 0 Å². The molecule has 0 saturated heterocycles. The molecule has 17 heavy (non-hydrogen) atoms. The van der Waals surface area contributed by atoms with Crippen molar-refractivity contribution in [3.8, 4) is 0 Å². The fourth-order valence-electron chi connectivity index (χ4n) is 3.13. The van der Waals surface area contributed by atoms with Crippen LogP contribution in [0.2, 0.25) is 0 Å². The molecule has 0 radical (unpaired) electrons. The standard InChI is InChI=1S/C16H25N/c1-3-13-7-9-14(10-8-13)11-15-5-4-6-16(15)12-17-2/h7-10,15-17H,3-6,11-12H2,1-2H3. The molecule has 2 rings (SSSR count). The lowest BCUT2D eigenvalue weighted by atomic mass is 9.89. The molecule has 0 bridgehead atoms. The highest BCUT2D eigenvalue weighted by molar-refractivity contribution is 5.23. The second-order valence-corrected chi connectivity index (χ2v) is 5.38. The molecule has 2 atom stereocenters. The zero-order valence-electron chi connectivity index (χ0n) is 11.2. The predicted octanol–water partition coefficient (Wildman–Crippen LogP) is 3.43. The van der Waals surface area contributed by atoms with Gasteiger partial charge in [0.25, 0.3) is 0 Å². The van der Waals surface area contributed by atoms with E-state index in [0.29, 0.717) is 0 Å². The summed E-state index contributed by atoms with van der Waals surface area (Å²) >= 11 is 0. The van der Waals surface area contributed by atoms with E-state index in [1.54, 1.807) is 0 Å². The Labute approximate surface area is 106 Å². The van der Waals surface area contributed by atoms with Gasteiger partial charge in [-0.3, -0.25) is 0 Å². The molecule has 1 fully saturated rings. The summed E-state index contributed by atoms with van der Waals surface area (Å²) in [5, 5.41) is 3.34. The van der Waals surface area contributed by atoms with Crippen molar-refractivity contribution >= 4 is 0 Å². The molecule has 2 unspecified atom stereocenters. The molecule has 1 aromatic rings. The Morgan fingerprint density at radius 3 is 2.35 bits per heavy atom. The molecule has 94 valence electrons. The van der Waals surface area contributed by atoms with Crippen LogP contribution in [0.3, 0.4) is 0 Å².